The second kappa shape index (κ2) is 7.28. The summed E-state index contributed by atoms with van der Waals surface area (Å²) in [4.78, 5) is 28.3. The highest BCUT2D eigenvalue weighted by atomic mass is 32.1. The van der Waals surface area contributed by atoms with Gasteiger partial charge in [0.1, 0.15) is 11.2 Å². The van der Waals surface area contributed by atoms with Crippen LogP contribution in [0.3, 0.4) is 0 Å². The van der Waals surface area contributed by atoms with Gasteiger partial charge in [0.15, 0.2) is 0 Å². The van der Waals surface area contributed by atoms with Crippen molar-refractivity contribution in [1.82, 2.24) is 14.8 Å². The molecule has 7 heteroatoms. The molecule has 2 aromatic rings. The van der Waals surface area contributed by atoms with E-state index in [2.05, 4.69) is 5.32 Å². The Balaban J connectivity index is 1.67. The number of amides is 2. The summed E-state index contributed by atoms with van der Waals surface area (Å²) in [5.74, 6) is -0.149. The van der Waals surface area contributed by atoms with Gasteiger partial charge in [-0.2, -0.15) is 0 Å². The maximum atomic E-state index is 13.4. The highest BCUT2D eigenvalue weighted by Gasteiger charge is 2.48. The van der Waals surface area contributed by atoms with Crippen molar-refractivity contribution in [2.24, 2.45) is 0 Å². The number of nitrogens with one attached hydrogen (secondary N) is 1. The van der Waals surface area contributed by atoms with Gasteiger partial charge in [-0.25, -0.2) is 0 Å². The number of nitrogens with zero attached hydrogens (tertiary/aromatic N) is 2. The third-order valence-electron chi connectivity index (χ3n) is 6.00. The van der Waals surface area contributed by atoms with Crippen LogP contribution in [-0.4, -0.2) is 53.1 Å². The van der Waals surface area contributed by atoms with E-state index in [0.717, 1.165) is 35.9 Å². The van der Waals surface area contributed by atoms with E-state index in [4.69, 9.17) is 4.74 Å². The molecule has 1 aliphatic carbocycles. The van der Waals surface area contributed by atoms with Gasteiger partial charge in [-0.05, 0) is 37.3 Å². The fourth-order valence-corrected chi connectivity index (χ4v) is 5.22. The summed E-state index contributed by atoms with van der Waals surface area (Å²) in [6.45, 7) is 3.17. The van der Waals surface area contributed by atoms with E-state index in [1.807, 2.05) is 29.0 Å². The minimum absolute atomic E-state index is 0.0541. The lowest BCUT2D eigenvalue weighted by molar-refractivity contribution is -0.134. The number of carbonyl (C=O) groups excluding carboxylic acids is 2. The van der Waals surface area contributed by atoms with E-state index in [1.165, 1.54) is 6.42 Å². The summed E-state index contributed by atoms with van der Waals surface area (Å²) in [6.07, 6.45) is 5.61. The number of methoxy groups -OCH3 is 1. The van der Waals surface area contributed by atoms with Crippen LogP contribution in [0.25, 0.3) is 10.2 Å². The van der Waals surface area contributed by atoms with Gasteiger partial charge < -0.3 is 19.5 Å². The predicted octanol–water partition coefficient (Wildman–Crippen LogP) is 3.01. The molecule has 2 aromatic heterocycles. The summed E-state index contributed by atoms with van der Waals surface area (Å²) in [5, 5.41) is 5.26. The van der Waals surface area contributed by atoms with Crippen LogP contribution in [0.1, 0.15) is 49.5 Å². The highest BCUT2D eigenvalue weighted by Crippen LogP contribution is 2.34. The third-order valence-corrected chi connectivity index (χ3v) is 6.85. The molecule has 1 atom stereocenters. The van der Waals surface area contributed by atoms with Crippen LogP contribution < -0.4 is 5.32 Å². The predicted molar refractivity (Wildman–Crippen MR) is 106 cm³/mol. The number of ether oxygens (including phenoxy) is 1. The summed E-state index contributed by atoms with van der Waals surface area (Å²) in [7, 11) is 1.62. The van der Waals surface area contributed by atoms with Crippen molar-refractivity contribution in [2.75, 3.05) is 20.3 Å². The second-order valence-corrected chi connectivity index (χ2v) is 8.77. The van der Waals surface area contributed by atoms with Crippen molar-refractivity contribution in [3.8, 4) is 0 Å². The molecular formula is C20H27N3O3S. The Bertz CT molecular complexity index is 852. The van der Waals surface area contributed by atoms with Gasteiger partial charge in [0, 0.05) is 19.7 Å². The van der Waals surface area contributed by atoms with Crippen LogP contribution in [-0.2, 0) is 16.1 Å². The van der Waals surface area contributed by atoms with Crippen LogP contribution in [0, 0.1) is 0 Å². The van der Waals surface area contributed by atoms with Crippen molar-refractivity contribution < 1.29 is 14.3 Å². The van der Waals surface area contributed by atoms with E-state index in [9.17, 15) is 9.59 Å². The molecule has 1 N–H and O–H groups in total. The van der Waals surface area contributed by atoms with Gasteiger partial charge in [0.05, 0.1) is 23.4 Å². The first-order chi connectivity index (χ1) is 13.0. The van der Waals surface area contributed by atoms with Crippen LogP contribution in [0.2, 0.25) is 0 Å². The number of carbonyl (C=O) groups is 2. The van der Waals surface area contributed by atoms with E-state index in [-0.39, 0.29) is 17.9 Å². The topological polar surface area (TPSA) is 63.6 Å². The first-order valence-electron chi connectivity index (χ1n) is 9.73. The zero-order chi connectivity index (χ0) is 19.0. The molecule has 0 unspecified atom stereocenters. The van der Waals surface area contributed by atoms with Gasteiger partial charge in [-0.1, -0.05) is 19.3 Å². The normalized spacial score (nSPS) is 23.6. The minimum Gasteiger partial charge on any atom is -0.383 e. The van der Waals surface area contributed by atoms with E-state index >= 15 is 0 Å². The Morgan fingerprint density at radius 3 is 2.89 bits per heavy atom. The van der Waals surface area contributed by atoms with Crippen LogP contribution in [0.4, 0.5) is 0 Å². The second-order valence-electron chi connectivity index (χ2n) is 7.82. The number of aromatic nitrogens is 1. The van der Waals surface area contributed by atoms with Gasteiger partial charge >= 0.3 is 0 Å². The lowest BCUT2D eigenvalue weighted by Crippen LogP contribution is -2.65. The molecule has 3 heterocycles. The van der Waals surface area contributed by atoms with Gasteiger partial charge in [-0.3, -0.25) is 9.59 Å². The molecule has 2 aliphatic rings. The summed E-state index contributed by atoms with van der Waals surface area (Å²) >= 11 is 1.62. The number of hydrogen-bond donors (Lipinski definition) is 1. The fraction of sp³-hybridized carbons (Fsp3) is 0.600. The Kier molecular flexibility index (Phi) is 4.99. The van der Waals surface area contributed by atoms with Crippen molar-refractivity contribution in [3.63, 3.8) is 0 Å². The minimum atomic E-state index is -0.923. The van der Waals surface area contributed by atoms with Crippen molar-refractivity contribution in [3.05, 3.63) is 23.2 Å². The Morgan fingerprint density at radius 1 is 1.37 bits per heavy atom. The number of hydrogen-bond acceptors (Lipinski definition) is 4. The van der Waals surface area contributed by atoms with Crippen LogP contribution >= 0.6 is 11.3 Å². The quantitative estimate of drug-likeness (QED) is 0.855. The Morgan fingerprint density at radius 2 is 2.15 bits per heavy atom. The molecule has 0 aromatic carbocycles. The number of rotatable bonds is 5. The largest absolute Gasteiger partial charge is 0.383 e. The summed E-state index contributed by atoms with van der Waals surface area (Å²) in [5.41, 5.74) is 0.774. The standard InChI is InChI=1S/C20H27N3O3S/c1-20(19(25)21-14-6-4-3-5-7-14)13-22-15-8-11-27-17(15)12-16(22)18(24)23(20)9-10-26-2/h8,11-12,14H,3-7,9-10,13H2,1-2H3,(H,21,25)/t20-/m1/s1. The molecule has 2 amide bonds. The van der Waals surface area contributed by atoms with Crippen molar-refractivity contribution in [2.45, 2.75) is 57.2 Å². The highest BCUT2D eigenvalue weighted by molar-refractivity contribution is 7.17. The van der Waals surface area contributed by atoms with E-state index in [0.29, 0.717) is 25.4 Å². The summed E-state index contributed by atoms with van der Waals surface area (Å²) in [6, 6.07) is 4.19. The average Bonchev–Trinajstić information content (AvgIpc) is 3.25. The maximum Gasteiger partial charge on any atom is 0.271 e. The van der Waals surface area contributed by atoms with Crippen LogP contribution in [0.15, 0.2) is 17.5 Å². The fourth-order valence-electron chi connectivity index (χ4n) is 4.39. The Labute approximate surface area is 163 Å². The van der Waals surface area contributed by atoms with Gasteiger partial charge in [0.25, 0.3) is 5.91 Å². The van der Waals surface area contributed by atoms with Crippen molar-refractivity contribution in [1.29, 1.82) is 0 Å². The Hall–Kier alpha value is -1.86. The SMILES string of the molecule is COCCN1C(=O)c2cc3sccc3n2C[C@]1(C)C(=O)NC1CCCCC1. The molecule has 1 saturated carbocycles. The molecule has 4 rings (SSSR count). The van der Waals surface area contributed by atoms with Gasteiger partial charge in [0.2, 0.25) is 5.91 Å². The zero-order valence-corrected chi connectivity index (χ0v) is 16.8. The first-order valence-corrected chi connectivity index (χ1v) is 10.6. The maximum absolute atomic E-state index is 13.4. The van der Waals surface area contributed by atoms with Gasteiger partial charge in [-0.15, -0.1) is 11.3 Å². The third kappa shape index (κ3) is 3.17. The molecule has 1 aliphatic heterocycles. The average molecular weight is 390 g/mol. The number of thiophene rings is 1. The molecular weight excluding hydrogens is 362 g/mol. The molecule has 1 fully saturated rings. The molecule has 0 saturated heterocycles. The monoisotopic (exact) mass is 389 g/mol. The first kappa shape index (κ1) is 18.5. The smallest absolute Gasteiger partial charge is 0.271 e. The molecule has 0 radical (unpaired) electrons. The number of fused-ring (bicyclic) bond motifs is 3. The van der Waals surface area contributed by atoms with Crippen molar-refractivity contribution >= 4 is 33.4 Å². The molecule has 6 nitrogen and oxygen atoms in total. The molecule has 0 bridgehead atoms. The summed E-state index contributed by atoms with van der Waals surface area (Å²) < 4.78 is 8.31. The molecule has 27 heavy (non-hydrogen) atoms. The molecule has 0 spiro atoms. The van der Waals surface area contributed by atoms with E-state index in [1.54, 1.807) is 23.3 Å². The lowest BCUT2D eigenvalue weighted by atomic mass is 9.91. The van der Waals surface area contributed by atoms with Crippen LogP contribution in [0.5, 0.6) is 0 Å². The molecule has 146 valence electrons. The lowest BCUT2D eigenvalue weighted by Gasteiger charge is -2.44. The zero-order valence-electron chi connectivity index (χ0n) is 16.0. The van der Waals surface area contributed by atoms with E-state index < -0.39 is 5.54 Å².